The van der Waals surface area contributed by atoms with Gasteiger partial charge in [-0.05, 0) is 41.0 Å². The number of carbonyl (C=O) groups is 2. The molecule has 0 aliphatic carbocycles. The number of methoxy groups -OCH3 is 1. The monoisotopic (exact) mass is 422 g/mol. The number of hydrogen-bond acceptors (Lipinski definition) is 3. The Morgan fingerprint density at radius 2 is 1.32 bits per heavy atom. The first-order valence-corrected chi connectivity index (χ1v) is 9.86. The lowest BCUT2D eigenvalue weighted by Gasteiger charge is -2.04. The Hall–Kier alpha value is -4.00. The molecule has 0 spiro atoms. The van der Waals surface area contributed by atoms with Gasteiger partial charge in [0.2, 0.25) is 0 Å². The normalized spacial score (nSPS) is 9.13. The largest absolute Gasteiger partial charge is 0.497 e. The molecule has 0 saturated heterocycles. The van der Waals surface area contributed by atoms with Gasteiger partial charge in [0.05, 0.1) is 7.11 Å². The van der Waals surface area contributed by atoms with E-state index in [0.717, 1.165) is 22.4 Å². The molecule has 4 amide bonds. The van der Waals surface area contributed by atoms with Crippen molar-refractivity contribution >= 4 is 17.7 Å². The molecule has 7 nitrogen and oxygen atoms in total. The molecule has 0 unspecified atom stereocenters. The zero-order valence-corrected chi connectivity index (χ0v) is 18.1. The molecule has 3 aromatic rings. The first-order valence-electron chi connectivity index (χ1n) is 9.86. The molecule has 0 atom stereocenters. The minimum Gasteiger partial charge on any atom is -0.497 e. The molecule has 6 N–H and O–H groups in total. The Balaban J connectivity index is 0.000000293. The molecule has 3 rings (SSSR count). The van der Waals surface area contributed by atoms with Gasteiger partial charge in [0.25, 0.3) is 0 Å². The van der Waals surface area contributed by atoms with Crippen LogP contribution in [0.2, 0.25) is 0 Å². The fourth-order valence-electron chi connectivity index (χ4n) is 2.45. The van der Waals surface area contributed by atoms with Crippen molar-refractivity contribution in [3.05, 3.63) is 84.4 Å². The van der Waals surface area contributed by atoms with Crippen LogP contribution in [-0.4, -0.2) is 19.2 Å². The Kier molecular flexibility index (Phi) is 11.4. The zero-order valence-electron chi connectivity index (χ0n) is 18.1. The van der Waals surface area contributed by atoms with Crippen molar-refractivity contribution in [3.8, 4) is 16.9 Å². The number of amides is 4. The van der Waals surface area contributed by atoms with Gasteiger partial charge in [-0.3, -0.25) is 0 Å². The van der Waals surface area contributed by atoms with E-state index in [0.29, 0.717) is 12.2 Å². The molecule has 0 bridgehead atoms. The molecular formula is C24H30N4O3. The molecule has 0 aromatic heterocycles. The maximum absolute atomic E-state index is 10.6. The highest BCUT2D eigenvalue weighted by Gasteiger charge is 1.98. The van der Waals surface area contributed by atoms with Crippen LogP contribution in [0.25, 0.3) is 11.1 Å². The first-order chi connectivity index (χ1) is 15.0. The van der Waals surface area contributed by atoms with Crippen LogP contribution in [0.3, 0.4) is 0 Å². The highest BCUT2D eigenvalue weighted by molar-refractivity contribution is 5.88. The van der Waals surface area contributed by atoms with Crippen LogP contribution in [0.1, 0.15) is 19.4 Å². The number of hydrogen-bond donors (Lipinski definition) is 4. The van der Waals surface area contributed by atoms with Crippen LogP contribution in [0.4, 0.5) is 15.3 Å². The van der Waals surface area contributed by atoms with Crippen molar-refractivity contribution < 1.29 is 14.3 Å². The summed E-state index contributed by atoms with van der Waals surface area (Å²) in [6.07, 6.45) is 0. The maximum Gasteiger partial charge on any atom is 0.316 e. The highest BCUT2D eigenvalue weighted by Crippen LogP contribution is 2.20. The van der Waals surface area contributed by atoms with Crippen LogP contribution in [0.15, 0.2) is 78.9 Å². The molecule has 164 valence electrons. The third-order valence-corrected chi connectivity index (χ3v) is 3.89. The molecule has 0 fully saturated rings. The molecule has 3 aromatic carbocycles. The maximum atomic E-state index is 10.6. The Labute approximate surface area is 183 Å². The number of anilines is 1. The van der Waals surface area contributed by atoms with Crippen molar-refractivity contribution in [1.29, 1.82) is 0 Å². The predicted octanol–water partition coefficient (Wildman–Crippen LogP) is 4.73. The smallest absolute Gasteiger partial charge is 0.316 e. The first kappa shape index (κ1) is 25.0. The topological polar surface area (TPSA) is 119 Å². The molecular weight excluding hydrogens is 392 g/mol. The molecule has 7 heteroatoms. The summed E-state index contributed by atoms with van der Waals surface area (Å²) in [6.45, 7) is 4.44. The van der Waals surface area contributed by atoms with E-state index >= 15 is 0 Å². The summed E-state index contributed by atoms with van der Waals surface area (Å²) < 4.78 is 4.98. The second-order valence-electron chi connectivity index (χ2n) is 6.00. The Morgan fingerprint density at radius 3 is 1.81 bits per heavy atom. The van der Waals surface area contributed by atoms with Crippen molar-refractivity contribution in [2.24, 2.45) is 11.5 Å². The lowest BCUT2D eigenvalue weighted by atomic mass is 10.1. The molecule has 0 heterocycles. The summed E-state index contributed by atoms with van der Waals surface area (Å²) in [4.78, 5) is 21.0. The van der Waals surface area contributed by atoms with Gasteiger partial charge in [-0.25, -0.2) is 9.59 Å². The quantitative estimate of drug-likeness (QED) is 0.475. The molecule has 0 aliphatic rings. The molecule has 0 aliphatic heterocycles. The summed E-state index contributed by atoms with van der Waals surface area (Å²) in [5.41, 5.74) is 13.9. The number of nitrogens with two attached hydrogens (primary N) is 2. The van der Waals surface area contributed by atoms with Gasteiger partial charge in [-0.1, -0.05) is 68.4 Å². The van der Waals surface area contributed by atoms with Crippen LogP contribution in [0, 0.1) is 0 Å². The number of urea groups is 2. The highest BCUT2D eigenvalue weighted by atomic mass is 16.5. The van der Waals surface area contributed by atoms with E-state index in [1.165, 1.54) is 0 Å². The zero-order chi connectivity index (χ0) is 23.1. The van der Waals surface area contributed by atoms with Gasteiger partial charge in [0, 0.05) is 12.2 Å². The van der Waals surface area contributed by atoms with E-state index in [1.807, 2.05) is 92.7 Å². The Morgan fingerprint density at radius 1 is 0.774 bits per heavy atom. The fourth-order valence-corrected chi connectivity index (χ4v) is 2.45. The lowest BCUT2D eigenvalue weighted by molar-refractivity contribution is 0.248. The Bertz CT molecular complexity index is 912. The summed E-state index contributed by atoms with van der Waals surface area (Å²) in [7, 11) is 1.61. The van der Waals surface area contributed by atoms with Gasteiger partial charge in [-0.2, -0.15) is 0 Å². The number of nitrogens with one attached hydrogen (secondary N) is 2. The van der Waals surface area contributed by atoms with E-state index in [9.17, 15) is 9.59 Å². The van der Waals surface area contributed by atoms with Crippen molar-refractivity contribution in [3.63, 3.8) is 0 Å². The predicted molar refractivity (Wildman–Crippen MR) is 126 cm³/mol. The van der Waals surface area contributed by atoms with Gasteiger partial charge >= 0.3 is 12.1 Å². The lowest BCUT2D eigenvalue weighted by Crippen LogP contribution is -2.28. The van der Waals surface area contributed by atoms with Gasteiger partial charge in [0.15, 0.2) is 0 Å². The third kappa shape index (κ3) is 9.85. The van der Waals surface area contributed by atoms with E-state index < -0.39 is 12.1 Å². The van der Waals surface area contributed by atoms with Crippen molar-refractivity contribution in [1.82, 2.24) is 5.32 Å². The SMILES string of the molecule is CC.COc1ccc(CNC(N)=O)cc1.NC(=O)Nc1ccc(-c2ccccc2)cc1. The molecule has 0 saturated carbocycles. The van der Waals surface area contributed by atoms with E-state index in [1.54, 1.807) is 7.11 Å². The summed E-state index contributed by atoms with van der Waals surface area (Å²) in [5.74, 6) is 0.794. The molecule has 0 radical (unpaired) electrons. The van der Waals surface area contributed by atoms with E-state index in [-0.39, 0.29) is 0 Å². The minimum atomic E-state index is -0.549. The fraction of sp³-hybridized carbons (Fsp3) is 0.167. The number of primary amides is 2. The van der Waals surface area contributed by atoms with Gasteiger partial charge in [-0.15, -0.1) is 0 Å². The number of carbonyl (C=O) groups excluding carboxylic acids is 2. The summed E-state index contributed by atoms with van der Waals surface area (Å²) in [5, 5.41) is 5.02. The number of benzene rings is 3. The number of rotatable bonds is 5. The van der Waals surface area contributed by atoms with Crippen molar-refractivity contribution in [2.45, 2.75) is 20.4 Å². The van der Waals surface area contributed by atoms with Crippen molar-refractivity contribution in [2.75, 3.05) is 12.4 Å². The average molecular weight is 423 g/mol. The average Bonchev–Trinajstić information content (AvgIpc) is 2.80. The minimum absolute atomic E-state index is 0.444. The van der Waals surface area contributed by atoms with Crippen LogP contribution >= 0.6 is 0 Å². The van der Waals surface area contributed by atoms with Crippen LogP contribution in [-0.2, 0) is 6.54 Å². The van der Waals surface area contributed by atoms with Crippen LogP contribution < -0.4 is 26.8 Å². The standard InChI is InChI=1S/C13H12N2O.C9H12N2O2.C2H6/c14-13(16)15-12-8-6-11(7-9-12)10-4-2-1-3-5-10;1-13-8-4-2-7(3-5-8)6-11-9(10)12;1-2/h1-9H,(H3,14,15,16);2-5H,6H2,1H3,(H3,10,11,12);1-2H3. The van der Waals surface area contributed by atoms with E-state index in [4.69, 9.17) is 16.2 Å². The summed E-state index contributed by atoms with van der Waals surface area (Å²) >= 11 is 0. The summed E-state index contributed by atoms with van der Waals surface area (Å²) in [6, 6.07) is 23.9. The van der Waals surface area contributed by atoms with Gasteiger partial charge in [0.1, 0.15) is 5.75 Å². The molecule has 31 heavy (non-hydrogen) atoms. The second kappa shape index (κ2) is 14.1. The third-order valence-electron chi connectivity index (χ3n) is 3.89. The van der Waals surface area contributed by atoms with E-state index in [2.05, 4.69) is 10.6 Å². The van der Waals surface area contributed by atoms with Gasteiger partial charge < -0.3 is 26.8 Å². The number of ether oxygens (including phenoxy) is 1. The van der Waals surface area contributed by atoms with Crippen LogP contribution in [0.5, 0.6) is 5.75 Å². The second-order valence-corrected chi connectivity index (χ2v) is 6.00.